The molecule has 0 fully saturated rings. The van der Waals surface area contributed by atoms with Crippen LogP contribution in [0, 0.1) is 6.92 Å². The third-order valence-corrected chi connectivity index (χ3v) is 3.47. The van der Waals surface area contributed by atoms with Gasteiger partial charge in [-0.15, -0.1) is 0 Å². The molecule has 0 radical (unpaired) electrons. The first-order valence-corrected chi connectivity index (χ1v) is 6.14. The zero-order valence-corrected chi connectivity index (χ0v) is 10.6. The van der Waals surface area contributed by atoms with Crippen molar-refractivity contribution in [3.05, 3.63) is 41.2 Å². The summed E-state index contributed by atoms with van der Waals surface area (Å²) in [5.74, 6) is 0.800. The maximum atomic E-state index is 12.3. The maximum Gasteiger partial charge on any atom is 0.255 e. The molecule has 0 spiro atoms. The molecule has 6 heteroatoms. The third kappa shape index (κ3) is 1.85. The average molecular weight is 258 g/mol. The molecule has 98 valence electrons. The topological polar surface area (TPSA) is 71.0 Å². The van der Waals surface area contributed by atoms with Crippen LogP contribution in [0.25, 0.3) is 0 Å². The number of rotatable bonds is 2. The summed E-state index contributed by atoms with van der Waals surface area (Å²) in [6.07, 6.45) is 4.16. The Labute approximate surface area is 110 Å². The highest BCUT2D eigenvalue weighted by atomic mass is 16.2. The van der Waals surface area contributed by atoms with Gasteiger partial charge in [0.25, 0.3) is 5.91 Å². The van der Waals surface area contributed by atoms with Crippen LogP contribution in [0.15, 0.2) is 18.5 Å². The molecule has 0 unspecified atom stereocenters. The Balaban J connectivity index is 1.90. The van der Waals surface area contributed by atoms with E-state index in [2.05, 4.69) is 9.97 Å². The van der Waals surface area contributed by atoms with E-state index in [0.717, 1.165) is 17.8 Å². The molecular formula is C13H14N4O2. The van der Waals surface area contributed by atoms with E-state index in [1.165, 1.54) is 0 Å². The van der Waals surface area contributed by atoms with Crippen LogP contribution in [-0.4, -0.2) is 38.2 Å². The summed E-state index contributed by atoms with van der Waals surface area (Å²) in [5, 5.41) is 0. The molecule has 1 aliphatic rings. The summed E-state index contributed by atoms with van der Waals surface area (Å²) in [4.78, 5) is 32.1. The fourth-order valence-electron chi connectivity index (χ4n) is 2.48. The van der Waals surface area contributed by atoms with Crippen molar-refractivity contribution in [3.63, 3.8) is 0 Å². The Hall–Kier alpha value is -2.37. The standard InChI is InChI=1S/C13H14N4O2/c1-9-15-11(8-18)12-7-16(4-5-17(9)12)13(19)10-2-3-14-6-10/h2-3,6,8,14H,4-5,7H2,1H3. The van der Waals surface area contributed by atoms with Crippen LogP contribution in [0.2, 0.25) is 0 Å². The fourth-order valence-corrected chi connectivity index (χ4v) is 2.48. The Morgan fingerprint density at radius 2 is 2.32 bits per heavy atom. The van der Waals surface area contributed by atoms with E-state index in [9.17, 15) is 9.59 Å². The summed E-state index contributed by atoms with van der Waals surface area (Å²) < 4.78 is 2.00. The van der Waals surface area contributed by atoms with Gasteiger partial charge in [-0.05, 0) is 13.0 Å². The fraction of sp³-hybridized carbons (Fsp3) is 0.308. The summed E-state index contributed by atoms with van der Waals surface area (Å²) in [6.45, 7) is 3.61. The van der Waals surface area contributed by atoms with Gasteiger partial charge in [-0.2, -0.15) is 0 Å². The summed E-state index contributed by atoms with van der Waals surface area (Å²) in [7, 11) is 0. The summed E-state index contributed by atoms with van der Waals surface area (Å²) >= 11 is 0. The lowest BCUT2D eigenvalue weighted by Crippen LogP contribution is -2.38. The number of amides is 1. The molecule has 3 heterocycles. The molecule has 19 heavy (non-hydrogen) atoms. The second kappa shape index (κ2) is 4.38. The van der Waals surface area contributed by atoms with E-state index in [1.54, 1.807) is 23.4 Å². The number of aromatic amines is 1. The van der Waals surface area contributed by atoms with Gasteiger partial charge in [0.15, 0.2) is 6.29 Å². The molecule has 2 aromatic heterocycles. The SMILES string of the molecule is Cc1nc(C=O)c2n1CCN(C(=O)c1cc[nH]c1)C2. The van der Waals surface area contributed by atoms with Gasteiger partial charge >= 0.3 is 0 Å². The molecule has 0 bridgehead atoms. The predicted molar refractivity (Wildman–Crippen MR) is 67.9 cm³/mol. The largest absolute Gasteiger partial charge is 0.367 e. The zero-order valence-electron chi connectivity index (χ0n) is 10.6. The highest BCUT2D eigenvalue weighted by Crippen LogP contribution is 2.19. The van der Waals surface area contributed by atoms with Crippen LogP contribution in [-0.2, 0) is 13.1 Å². The number of carbonyl (C=O) groups excluding carboxylic acids is 2. The third-order valence-electron chi connectivity index (χ3n) is 3.47. The van der Waals surface area contributed by atoms with Gasteiger partial charge in [0, 0.05) is 25.5 Å². The Bertz CT molecular complexity index is 627. The van der Waals surface area contributed by atoms with Crippen molar-refractivity contribution in [3.8, 4) is 0 Å². The number of nitrogens with one attached hydrogen (secondary N) is 1. The van der Waals surface area contributed by atoms with Crippen LogP contribution in [0.3, 0.4) is 0 Å². The van der Waals surface area contributed by atoms with Gasteiger partial charge < -0.3 is 14.5 Å². The average Bonchev–Trinajstić information content (AvgIpc) is 3.06. The molecule has 0 atom stereocenters. The number of fused-ring (bicyclic) bond motifs is 1. The van der Waals surface area contributed by atoms with Crippen molar-refractivity contribution in [1.29, 1.82) is 0 Å². The molecule has 0 aliphatic carbocycles. The molecule has 0 aromatic carbocycles. The molecule has 2 aromatic rings. The molecule has 6 nitrogen and oxygen atoms in total. The number of H-pyrrole nitrogens is 1. The lowest BCUT2D eigenvalue weighted by Gasteiger charge is -2.28. The number of imidazole rings is 1. The van der Waals surface area contributed by atoms with E-state index in [0.29, 0.717) is 30.9 Å². The minimum atomic E-state index is -0.0248. The van der Waals surface area contributed by atoms with Crippen molar-refractivity contribution in [2.75, 3.05) is 6.54 Å². The van der Waals surface area contributed by atoms with E-state index >= 15 is 0 Å². The summed E-state index contributed by atoms with van der Waals surface area (Å²) in [6, 6.07) is 1.75. The molecular weight excluding hydrogens is 244 g/mol. The first-order valence-electron chi connectivity index (χ1n) is 6.14. The number of aromatic nitrogens is 3. The summed E-state index contributed by atoms with van der Waals surface area (Å²) in [5.41, 5.74) is 1.89. The van der Waals surface area contributed by atoms with Gasteiger partial charge in [-0.3, -0.25) is 9.59 Å². The molecule has 0 saturated heterocycles. The molecule has 3 rings (SSSR count). The number of carbonyl (C=O) groups is 2. The van der Waals surface area contributed by atoms with Gasteiger partial charge in [-0.1, -0.05) is 0 Å². The smallest absolute Gasteiger partial charge is 0.255 e. The van der Waals surface area contributed by atoms with Crippen molar-refractivity contribution >= 4 is 12.2 Å². The van der Waals surface area contributed by atoms with Crippen LogP contribution in [0.1, 0.15) is 32.4 Å². The van der Waals surface area contributed by atoms with Crippen molar-refractivity contribution < 1.29 is 9.59 Å². The van der Waals surface area contributed by atoms with Crippen LogP contribution < -0.4 is 0 Å². The van der Waals surface area contributed by atoms with Crippen molar-refractivity contribution in [2.24, 2.45) is 0 Å². The molecule has 1 aliphatic heterocycles. The van der Waals surface area contributed by atoms with Crippen LogP contribution >= 0.6 is 0 Å². The van der Waals surface area contributed by atoms with E-state index in [-0.39, 0.29) is 5.91 Å². The van der Waals surface area contributed by atoms with E-state index in [1.807, 2.05) is 11.5 Å². The number of nitrogens with zero attached hydrogens (tertiary/aromatic N) is 3. The van der Waals surface area contributed by atoms with E-state index in [4.69, 9.17) is 0 Å². The first kappa shape index (κ1) is 11.7. The van der Waals surface area contributed by atoms with Crippen LogP contribution in [0.5, 0.6) is 0 Å². The normalized spacial score (nSPS) is 14.3. The minimum absolute atomic E-state index is 0.0248. The number of aryl methyl sites for hydroxylation is 1. The second-order valence-corrected chi connectivity index (χ2v) is 4.59. The number of aldehydes is 1. The molecule has 1 N–H and O–H groups in total. The highest BCUT2D eigenvalue weighted by molar-refractivity contribution is 5.94. The van der Waals surface area contributed by atoms with Crippen molar-refractivity contribution in [1.82, 2.24) is 19.4 Å². The first-order chi connectivity index (χ1) is 9.20. The quantitative estimate of drug-likeness (QED) is 0.816. The monoisotopic (exact) mass is 258 g/mol. The lowest BCUT2D eigenvalue weighted by molar-refractivity contribution is 0.0709. The van der Waals surface area contributed by atoms with Gasteiger partial charge in [0.2, 0.25) is 0 Å². The van der Waals surface area contributed by atoms with Crippen LogP contribution in [0.4, 0.5) is 0 Å². The van der Waals surface area contributed by atoms with Gasteiger partial charge in [0.1, 0.15) is 11.5 Å². The Morgan fingerprint density at radius 3 is 3.00 bits per heavy atom. The minimum Gasteiger partial charge on any atom is -0.367 e. The van der Waals surface area contributed by atoms with E-state index < -0.39 is 0 Å². The maximum absolute atomic E-state index is 12.3. The Kier molecular flexibility index (Phi) is 2.70. The number of hydrogen-bond donors (Lipinski definition) is 1. The molecule has 0 saturated carbocycles. The van der Waals surface area contributed by atoms with Gasteiger partial charge in [-0.25, -0.2) is 4.98 Å². The van der Waals surface area contributed by atoms with Crippen molar-refractivity contribution in [2.45, 2.75) is 20.0 Å². The second-order valence-electron chi connectivity index (χ2n) is 4.59. The lowest BCUT2D eigenvalue weighted by atomic mass is 10.2. The zero-order chi connectivity index (χ0) is 13.4. The predicted octanol–water partition coefficient (Wildman–Crippen LogP) is 0.988. The highest BCUT2D eigenvalue weighted by Gasteiger charge is 2.26. The van der Waals surface area contributed by atoms with Gasteiger partial charge in [0.05, 0.1) is 17.8 Å². The number of hydrogen-bond acceptors (Lipinski definition) is 3. The molecule has 1 amide bonds. The Morgan fingerprint density at radius 1 is 1.47 bits per heavy atom.